The fourth-order valence-electron chi connectivity index (χ4n) is 2.06. The first-order chi connectivity index (χ1) is 10.1. The Morgan fingerprint density at radius 1 is 1.19 bits per heavy atom. The number of carboxylic acid groups (broad SMARTS) is 1. The molecule has 0 saturated carbocycles. The van der Waals surface area contributed by atoms with Crippen LogP contribution in [-0.4, -0.2) is 11.1 Å². The molecule has 0 radical (unpaired) electrons. The molecule has 0 fully saturated rings. The average molecular weight is 286 g/mol. The van der Waals surface area contributed by atoms with Crippen molar-refractivity contribution in [2.24, 2.45) is 0 Å². The first kappa shape index (κ1) is 13.2. The lowest BCUT2D eigenvalue weighted by Crippen LogP contribution is -1.95. The van der Waals surface area contributed by atoms with Gasteiger partial charge in [0.05, 0.1) is 5.56 Å². The van der Waals surface area contributed by atoms with Crippen molar-refractivity contribution in [3.05, 3.63) is 65.7 Å². The predicted molar refractivity (Wildman–Crippen MR) is 73.9 cm³/mol. The summed E-state index contributed by atoms with van der Waals surface area (Å²) in [6, 6.07) is 12.1. The summed E-state index contributed by atoms with van der Waals surface area (Å²) >= 11 is 0. The molecule has 0 saturated heterocycles. The Kier molecular flexibility index (Phi) is 3.31. The van der Waals surface area contributed by atoms with Crippen molar-refractivity contribution >= 4 is 16.9 Å². The van der Waals surface area contributed by atoms with Crippen LogP contribution in [0.1, 0.15) is 16.1 Å². The summed E-state index contributed by atoms with van der Waals surface area (Å²) in [6.07, 6.45) is 0. The van der Waals surface area contributed by atoms with E-state index in [4.69, 9.17) is 14.3 Å². The molecule has 0 aliphatic heterocycles. The van der Waals surface area contributed by atoms with Gasteiger partial charge in [-0.05, 0) is 42.5 Å². The zero-order valence-corrected chi connectivity index (χ0v) is 10.9. The highest BCUT2D eigenvalue weighted by Crippen LogP contribution is 2.24. The van der Waals surface area contributed by atoms with Crippen LogP contribution in [0.4, 0.5) is 4.39 Å². The van der Waals surface area contributed by atoms with Crippen LogP contribution >= 0.6 is 0 Å². The summed E-state index contributed by atoms with van der Waals surface area (Å²) < 4.78 is 23.8. The van der Waals surface area contributed by atoms with E-state index in [1.807, 2.05) is 0 Å². The molecule has 4 nitrogen and oxygen atoms in total. The lowest BCUT2D eigenvalue weighted by atomic mass is 10.1. The SMILES string of the molecule is O=C(O)c1cccc2oc(COc3ccc(F)cc3)cc12. The largest absolute Gasteiger partial charge is 0.486 e. The summed E-state index contributed by atoms with van der Waals surface area (Å²) in [5, 5.41) is 9.65. The van der Waals surface area contributed by atoms with Gasteiger partial charge in [0.15, 0.2) is 0 Å². The standard InChI is InChI=1S/C16H11FO4/c17-10-4-6-11(7-5-10)20-9-12-8-14-13(16(18)19)2-1-3-15(14)21-12/h1-8H,9H2,(H,18,19). The number of rotatable bonds is 4. The molecule has 21 heavy (non-hydrogen) atoms. The predicted octanol–water partition coefficient (Wildman–Crippen LogP) is 3.85. The topological polar surface area (TPSA) is 59.7 Å². The van der Waals surface area contributed by atoms with E-state index in [9.17, 15) is 9.18 Å². The number of furan rings is 1. The van der Waals surface area contributed by atoms with Crippen LogP contribution in [0.2, 0.25) is 0 Å². The van der Waals surface area contributed by atoms with Crippen LogP contribution in [-0.2, 0) is 6.61 Å². The fourth-order valence-corrected chi connectivity index (χ4v) is 2.06. The van der Waals surface area contributed by atoms with Gasteiger partial charge in [0.1, 0.15) is 29.5 Å². The summed E-state index contributed by atoms with van der Waals surface area (Å²) in [5.74, 6) is -0.331. The van der Waals surface area contributed by atoms with E-state index in [0.717, 1.165) is 0 Å². The van der Waals surface area contributed by atoms with E-state index >= 15 is 0 Å². The summed E-state index contributed by atoms with van der Waals surface area (Å²) in [4.78, 5) is 11.1. The van der Waals surface area contributed by atoms with E-state index in [2.05, 4.69) is 0 Å². The van der Waals surface area contributed by atoms with Gasteiger partial charge in [0.2, 0.25) is 0 Å². The molecule has 1 N–H and O–H groups in total. The lowest BCUT2D eigenvalue weighted by Gasteiger charge is -2.03. The smallest absolute Gasteiger partial charge is 0.336 e. The van der Waals surface area contributed by atoms with Crippen molar-refractivity contribution in [1.82, 2.24) is 0 Å². The Bertz CT molecular complexity index is 790. The van der Waals surface area contributed by atoms with Gasteiger partial charge in [-0.3, -0.25) is 0 Å². The third-order valence-corrected chi connectivity index (χ3v) is 3.04. The number of ether oxygens (including phenoxy) is 1. The lowest BCUT2D eigenvalue weighted by molar-refractivity contribution is 0.0699. The van der Waals surface area contributed by atoms with Crippen LogP contribution in [0.3, 0.4) is 0 Å². The normalized spacial score (nSPS) is 10.7. The number of carboxylic acids is 1. The Balaban J connectivity index is 1.83. The maximum Gasteiger partial charge on any atom is 0.336 e. The number of benzene rings is 2. The highest BCUT2D eigenvalue weighted by atomic mass is 19.1. The Morgan fingerprint density at radius 3 is 2.67 bits per heavy atom. The molecule has 3 rings (SSSR count). The molecule has 0 amide bonds. The monoisotopic (exact) mass is 286 g/mol. The third-order valence-electron chi connectivity index (χ3n) is 3.04. The molecule has 1 aromatic heterocycles. The molecule has 106 valence electrons. The quantitative estimate of drug-likeness (QED) is 0.791. The zero-order valence-electron chi connectivity index (χ0n) is 10.9. The van der Waals surface area contributed by atoms with Crippen LogP contribution < -0.4 is 4.74 Å². The zero-order chi connectivity index (χ0) is 14.8. The molecule has 0 spiro atoms. The molecule has 0 aliphatic rings. The number of fused-ring (bicyclic) bond motifs is 1. The second-order valence-electron chi connectivity index (χ2n) is 4.48. The van der Waals surface area contributed by atoms with Crippen molar-refractivity contribution in [2.45, 2.75) is 6.61 Å². The van der Waals surface area contributed by atoms with Crippen molar-refractivity contribution < 1.29 is 23.4 Å². The molecule has 1 heterocycles. The number of hydrogen-bond acceptors (Lipinski definition) is 3. The highest BCUT2D eigenvalue weighted by Gasteiger charge is 2.12. The summed E-state index contributed by atoms with van der Waals surface area (Å²) in [7, 11) is 0. The fraction of sp³-hybridized carbons (Fsp3) is 0.0625. The Hall–Kier alpha value is -2.82. The van der Waals surface area contributed by atoms with Crippen LogP contribution in [0.25, 0.3) is 11.0 Å². The van der Waals surface area contributed by atoms with Gasteiger partial charge in [-0.2, -0.15) is 0 Å². The first-order valence-electron chi connectivity index (χ1n) is 6.26. The van der Waals surface area contributed by atoms with E-state index in [1.54, 1.807) is 18.2 Å². The molecule has 0 aliphatic carbocycles. The average Bonchev–Trinajstić information content (AvgIpc) is 2.89. The Labute approximate surface area is 119 Å². The third kappa shape index (κ3) is 2.72. The van der Waals surface area contributed by atoms with Crippen LogP contribution in [0.15, 0.2) is 52.9 Å². The number of aromatic carboxylic acids is 1. The summed E-state index contributed by atoms with van der Waals surface area (Å²) in [5.41, 5.74) is 0.678. The molecule has 0 unspecified atom stereocenters. The minimum Gasteiger partial charge on any atom is -0.486 e. The van der Waals surface area contributed by atoms with Gasteiger partial charge < -0.3 is 14.3 Å². The van der Waals surface area contributed by atoms with E-state index in [-0.39, 0.29) is 18.0 Å². The molecule has 0 atom stereocenters. The van der Waals surface area contributed by atoms with Crippen LogP contribution in [0, 0.1) is 5.82 Å². The minimum absolute atomic E-state index is 0.138. The van der Waals surface area contributed by atoms with E-state index in [1.165, 1.54) is 30.3 Å². The highest BCUT2D eigenvalue weighted by molar-refractivity contribution is 6.02. The van der Waals surface area contributed by atoms with E-state index < -0.39 is 5.97 Å². The second kappa shape index (κ2) is 5.28. The van der Waals surface area contributed by atoms with Gasteiger partial charge in [-0.15, -0.1) is 0 Å². The molecular formula is C16H11FO4. The maximum atomic E-state index is 12.8. The molecular weight excluding hydrogens is 275 g/mol. The number of carbonyl (C=O) groups is 1. The van der Waals surface area contributed by atoms with Gasteiger partial charge in [0.25, 0.3) is 0 Å². The van der Waals surface area contributed by atoms with Crippen molar-refractivity contribution in [3.63, 3.8) is 0 Å². The van der Waals surface area contributed by atoms with Crippen molar-refractivity contribution in [3.8, 4) is 5.75 Å². The van der Waals surface area contributed by atoms with E-state index in [0.29, 0.717) is 22.5 Å². The maximum absolute atomic E-state index is 12.8. The molecule has 2 aromatic carbocycles. The van der Waals surface area contributed by atoms with Crippen molar-refractivity contribution in [1.29, 1.82) is 0 Å². The van der Waals surface area contributed by atoms with Crippen LogP contribution in [0.5, 0.6) is 5.75 Å². The summed E-state index contributed by atoms with van der Waals surface area (Å²) in [6.45, 7) is 0.138. The Morgan fingerprint density at radius 2 is 1.95 bits per heavy atom. The van der Waals surface area contributed by atoms with Gasteiger partial charge >= 0.3 is 5.97 Å². The first-order valence-corrected chi connectivity index (χ1v) is 6.26. The molecule has 0 bridgehead atoms. The van der Waals surface area contributed by atoms with Gasteiger partial charge in [-0.25, -0.2) is 9.18 Å². The second-order valence-corrected chi connectivity index (χ2v) is 4.48. The number of hydrogen-bond donors (Lipinski definition) is 1. The minimum atomic E-state index is -1.01. The number of halogens is 1. The van der Waals surface area contributed by atoms with Crippen molar-refractivity contribution in [2.75, 3.05) is 0 Å². The molecule has 3 aromatic rings. The van der Waals surface area contributed by atoms with Gasteiger partial charge in [0, 0.05) is 5.39 Å². The van der Waals surface area contributed by atoms with Gasteiger partial charge in [-0.1, -0.05) is 6.07 Å². The molecule has 5 heteroatoms.